The van der Waals surface area contributed by atoms with Crippen LogP contribution in [0.25, 0.3) is 11.2 Å². The van der Waals surface area contributed by atoms with Gasteiger partial charge in [-0.15, -0.1) is 0 Å². The molecule has 0 aliphatic carbocycles. The maximum atomic E-state index is 4.67. The molecule has 0 atom stereocenters. The molecule has 4 rings (SSSR count). The molecule has 24 heavy (non-hydrogen) atoms. The summed E-state index contributed by atoms with van der Waals surface area (Å²) in [7, 11) is 2.19. The topological polar surface area (TPSA) is 45.2 Å². The summed E-state index contributed by atoms with van der Waals surface area (Å²) in [5, 5.41) is 0. The van der Waals surface area contributed by atoms with Gasteiger partial charge in [-0.1, -0.05) is 18.2 Å². The van der Waals surface area contributed by atoms with Gasteiger partial charge in [0.2, 0.25) is 0 Å². The molecule has 1 saturated heterocycles. The van der Waals surface area contributed by atoms with E-state index in [0.29, 0.717) is 6.04 Å². The third kappa shape index (κ3) is 2.89. The van der Waals surface area contributed by atoms with Gasteiger partial charge < -0.3 is 9.80 Å². The number of hydrogen-bond donors (Lipinski definition) is 0. The van der Waals surface area contributed by atoms with Crippen molar-refractivity contribution in [1.29, 1.82) is 0 Å². The molecule has 0 bridgehead atoms. The molecule has 1 aliphatic rings. The monoisotopic (exact) mass is 319 g/mol. The highest BCUT2D eigenvalue weighted by Crippen LogP contribution is 2.24. The Kier molecular flexibility index (Phi) is 3.99. The van der Waals surface area contributed by atoms with Crippen LogP contribution in [0.1, 0.15) is 12.8 Å². The molecular formula is C19H21N5. The minimum Gasteiger partial charge on any atom is -0.371 e. The highest BCUT2D eigenvalue weighted by atomic mass is 15.2. The van der Waals surface area contributed by atoms with Crippen molar-refractivity contribution in [1.82, 2.24) is 15.0 Å². The van der Waals surface area contributed by atoms with Crippen LogP contribution in [0.2, 0.25) is 0 Å². The van der Waals surface area contributed by atoms with Gasteiger partial charge in [-0.05, 0) is 37.1 Å². The molecule has 2 aromatic heterocycles. The summed E-state index contributed by atoms with van der Waals surface area (Å²) in [6.45, 7) is 2.03. The van der Waals surface area contributed by atoms with Crippen molar-refractivity contribution >= 4 is 22.7 Å². The van der Waals surface area contributed by atoms with Crippen molar-refractivity contribution in [3.63, 3.8) is 0 Å². The molecule has 1 aliphatic heterocycles. The van der Waals surface area contributed by atoms with Crippen LogP contribution >= 0.6 is 0 Å². The Morgan fingerprint density at radius 1 is 0.958 bits per heavy atom. The second-order valence-electron chi connectivity index (χ2n) is 6.23. The lowest BCUT2D eigenvalue weighted by atomic mass is 10.0. The first-order valence-corrected chi connectivity index (χ1v) is 8.42. The number of hydrogen-bond acceptors (Lipinski definition) is 5. The second kappa shape index (κ2) is 6.43. The molecule has 3 heterocycles. The van der Waals surface area contributed by atoms with Crippen LogP contribution in [0, 0.1) is 0 Å². The molecule has 1 fully saturated rings. The first-order valence-electron chi connectivity index (χ1n) is 8.42. The zero-order valence-electron chi connectivity index (χ0n) is 13.8. The quantitative estimate of drug-likeness (QED) is 0.742. The van der Waals surface area contributed by atoms with E-state index in [1.807, 2.05) is 6.07 Å². The number of benzene rings is 1. The van der Waals surface area contributed by atoms with Crippen LogP contribution in [0.15, 0.2) is 54.9 Å². The van der Waals surface area contributed by atoms with Crippen molar-refractivity contribution in [2.45, 2.75) is 18.9 Å². The van der Waals surface area contributed by atoms with E-state index in [2.05, 4.69) is 68.2 Å². The maximum Gasteiger partial charge on any atom is 0.180 e. The summed E-state index contributed by atoms with van der Waals surface area (Å²) in [5.74, 6) is 1.00. The van der Waals surface area contributed by atoms with Gasteiger partial charge in [0.15, 0.2) is 5.65 Å². The maximum absolute atomic E-state index is 4.67. The van der Waals surface area contributed by atoms with Gasteiger partial charge in [-0.2, -0.15) is 0 Å². The van der Waals surface area contributed by atoms with Crippen molar-refractivity contribution in [3.8, 4) is 0 Å². The molecule has 3 aromatic rings. The van der Waals surface area contributed by atoms with Crippen molar-refractivity contribution < 1.29 is 0 Å². The van der Waals surface area contributed by atoms with Gasteiger partial charge in [0, 0.05) is 44.3 Å². The predicted molar refractivity (Wildman–Crippen MR) is 97.4 cm³/mol. The van der Waals surface area contributed by atoms with Gasteiger partial charge in [0.25, 0.3) is 0 Å². The lowest BCUT2D eigenvalue weighted by Crippen LogP contribution is -2.43. The number of pyridine rings is 1. The summed E-state index contributed by atoms with van der Waals surface area (Å²) >= 11 is 0. The Bertz CT molecular complexity index is 812. The predicted octanol–water partition coefficient (Wildman–Crippen LogP) is 3.13. The molecule has 0 N–H and O–H groups in total. The van der Waals surface area contributed by atoms with Crippen LogP contribution in [0.5, 0.6) is 0 Å². The van der Waals surface area contributed by atoms with Crippen LogP contribution in [-0.2, 0) is 0 Å². The van der Waals surface area contributed by atoms with Crippen LogP contribution < -0.4 is 9.80 Å². The second-order valence-corrected chi connectivity index (χ2v) is 6.23. The van der Waals surface area contributed by atoms with Crippen LogP contribution in [0.4, 0.5) is 11.5 Å². The minimum atomic E-state index is 0.573. The number of para-hydroxylation sites is 1. The molecule has 0 unspecified atom stereocenters. The lowest BCUT2D eigenvalue weighted by molar-refractivity contribution is 0.480. The van der Waals surface area contributed by atoms with E-state index in [-0.39, 0.29) is 0 Å². The molecule has 5 heteroatoms. The van der Waals surface area contributed by atoms with Gasteiger partial charge >= 0.3 is 0 Å². The van der Waals surface area contributed by atoms with Gasteiger partial charge in [-0.25, -0.2) is 9.97 Å². The highest BCUT2D eigenvalue weighted by Gasteiger charge is 2.23. The average Bonchev–Trinajstić information content (AvgIpc) is 2.68. The van der Waals surface area contributed by atoms with Gasteiger partial charge in [-0.3, -0.25) is 4.98 Å². The molecule has 0 saturated carbocycles. The highest BCUT2D eigenvalue weighted by molar-refractivity contribution is 5.71. The van der Waals surface area contributed by atoms with E-state index >= 15 is 0 Å². The Hall–Kier alpha value is -2.69. The fourth-order valence-corrected chi connectivity index (χ4v) is 3.38. The smallest absolute Gasteiger partial charge is 0.180 e. The number of rotatable bonds is 3. The Morgan fingerprint density at radius 2 is 1.71 bits per heavy atom. The van der Waals surface area contributed by atoms with Gasteiger partial charge in [0.05, 0.1) is 0 Å². The zero-order valence-corrected chi connectivity index (χ0v) is 13.8. The van der Waals surface area contributed by atoms with E-state index in [1.54, 1.807) is 12.4 Å². The third-order valence-electron chi connectivity index (χ3n) is 4.82. The summed E-state index contributed by atoms with van der Waals surface area (Å²) in [5.41, 5.74) is 2.86. The van der Waals surface area contributed by atoms with Crippen molar-refractivity contribution in [2.24, 2.45) is 0 Å². The fraction of sp³-hybridized carbons (Fsp3) is 0.316. The van der Waals surface area contributed by atoms with Gasteiger partial charge in [0.1, 0.15) is 11.3 Å². The normalized spacial score (nSPS) is 15.6. The summed E-state index contributed by atoms with van der Waals surface area (Å²) in [4.78, 5) is 18.0. The SMILES string of the molecule is CN(c1ccccc1)C1CCN(c2ccc3nccnc3n2)CC1. The zero-order chi connectivity index (χ0) is 16.4. The van der Waals surface area contributed by atoms with E-state index in [0.717, 1.165) is 42.9 Å². The van der Waals surface area contributed by atoms with Crippen molar-refractivity contribution in [3.05, 3.63) is 54.9 Å². The largest absolute Gasteiger partial charge is 0.371 e. The molecule has 0 radical (unpaired) electrons. The van der Waals surface area contributed by atoms with Crippen molar-refractivity contribution in [2.75, 3.05) is 29.9 Å². The number of aromatic nitrogens is 3. The lowest BCUT2D eigenvalue weighted by Gasteiger charge is -2.38. The number of piperidine rings is 1. The first kappa shape index (κ1) is 14.9. The van der Waals surface area contributed by atoms with E-state index in [9.17, 15) is 0 Å². The summed E-state index contributed by atoms with van der Waals surface area (Å²) < 4.78 is 0. The molecule has 0 amide bonds. The Labute approximate surface area is 142 Å². The number of fused-ring (bicyclic) bond motifs is 1. The molecule has 122 valence electrons. The third-order valence-corrected chi connectivity index (χ3v) is 4.82. The van der Waals surface area contributed by atoms with E-state index < -0.39 is 0 Å². The van der Waals surface area contributed by atoms with E-state index in [4.69, 9.17) is 0 Å². The number of anilines is 2. The summed E-state index contributed by atoms with van der Waals surface area (Å²) in [6.07, 6.45) is 5.66. The Balaban J connectivity index is 1.45. The first-order chi connectivity index (χ1) is 11.8. The Morgan fingerprint density at radius 3 is 2.50 bits per heavy atom. The summed E-state index contributed by atoms with van der Waals surface area (Å²) in [6, 6.07) is 15.2. The molecular weight excluding hydrogens is 298 g/mol. The standard InChI is InChI=1S/C19H21N5/c1-23(15-5-3-2-4-6-15)16-9-13-24(14-10-16)18-8-7-17-19(22-18)21-12-11-20-17/h2-8,11-12,16H,9-10,13-14H2,1H3. The van der Waals surface area contributed by atoms with Crippen LogP contribution in [0.3, 0.4) is 0 Å². The average molecular weight is 319 g/mol. The molecule has 5 nitrogen and oxygen atoms in total. The minimum absolute atomic E-state index is 0.573. The van der Waals surface area contributed by atoms with E-state index in [1.165, 1.54) is 5.69 Å². The number of nitrogens with zero attached hydrogens (tertiary/aromatic N) is 5. The molecule has 1 aromatic carbocycles. The van der Waals surface area contributed by atoms with Crippen LogP contribution in [-0.4, -0.2) is 41.1 Å². The fourth-order valence-electron chi connectivity index (χ4n) is 3.38. The molecule has 0 spiro atoms.